The van der Waals surface area contributed by atoms with E-state index >= 15 is 0 Å². The molecule has 1 fully saturated rings. The molecule has 0 aliphatic carbocycles. The maximum absolute atomic E-state index is 13.1. The van der Waals surface area contributed by atoms with Gasteiger partial charge in [-0.1, -0.05) is 48.5 Å². The van der Waals surface area contributed by atoms with Crippen molar-refractivity contribution in [2.24, 2.45) is 0 Å². The van der Waals surface area contributed by atoms with Crippen LogP contribution in [0.2, 0.25) is 0 Å². The molecule has 0 bridgehead atoms. The molecule has 29 heavy (non-hydrogen) atoms. The molecular weight excluding hydrogens is 366 g/mol. The number of aromatic nitrogens is 1. The highest BCUT2D eigenvalue weighted by Crippen LogP contribution is 2.22. The van der Waals surface area contributed by atoms with Gasteiger partial charge in [-0.05, 0) is 24.6 Å². The lowest BCUT2D eigenvalue weighted by Crippen LogP contribution is -2.43. The topological polar surface area (TPSA) is 67.6 Å². The van der Waals surface area contributed by atoms with Crippen molar-refractivity contribution in [2.45, 2.75) is 13.0 Å². The van der Waals surface area contributed by atoms with Gasteiger partial charge in [0.15, 0.2) is 5.69 Å². The van der Waals surface area contributed by atoms with Gasteiger partial charge in [0.25, 0.3) is 5.91 Å². The van der Waals surface area contributed by atoms with E-state index in [1.165, 1.54) is 0 Å². The monoisotopic (exact) mass is 391 g/mol. The average Bonchev–Trinajstić information content (AvgIpc) is 3.17. The van der Waals surface area contributed by atoms with Gasteiger partial charge in [0, 0.05) is 25.2 Å². The first kappa shape index (κ1) is 19.4. The van der Waals surface area contributed by atoms with Gasteiger partial charge in [0.05, 0.1) is 19.3 Å². The van der Waals surface area contributed by atoms with Crippen molar-refractivity contribution in [3.05, 3.63) is 77.7 Å². The van der Waals surface area contributed by atoms with Crippen LogP contribution < -0.4 is 5.32 Å². The van der Waals surface area contributed by atoms with E-state index in [-0.39, 0.29) is 11.9 Å². The Labute approximate surface area is 170 Å². The highest BCUT2D eigenvalue weighted by Gasteiger charge is 2.24. The summed E-state index contributed by atoms with van der Waals surface area (Å²) in [7, 11) is 0. The van der Waals surface area contributed by atoms with E-state index in [0.29, 0.717) is 17.3 Å². The Bertz CT molecular complexity index is 935. The summed E-state index contributed by atoms with van der Waals surface area (Å²) in [5, 5.41) is 3.16. The molecule has 0 radical (unpaired) electrons. The molecule has 150 valence electrons. The van der Waals surface area contributed by atoms with Gasteiger partial charge in [-0.3, -0.25) is 9.69 Å². The Morgan fingerprint density at radius 3 is 2.41 bits per heavy atom. The van der Waals surface area contributed by atoms with Crippen LogP contribution in [0.15, 0.2) is 65.1 Å². The molecule has 0 unspecified atom stereocenters. The molecule has 1 atom stereocenters. The van der Waals surface area contributed by atoms with Crippen molar-refractivity contribution in [3.63, 3.8) is 0 Å². The van der Waals surface area contributed by atoms with E-state index < -0.39 is 0 Å². The number of carbonyl (C=O) groups is 1. The van der Waals surface area contributed by atoms with Gasteiger partial charge in [0.1, 0.15) is 5.76 Å². The first-order valence-corrected chi connectivity index (χ1v) is 9.89. The number of hydrogen-bond acceptors (Lipinski definition) is 5. The van der Waals surface area contributed by atoms with E-state index in [0.717, 1.165) is 44.0 Å². The number of hydrogen-bond donors (Lipinski definition) is 1. The second kappa shape index (κ2) is 9.03. The van der Waals surface area contributed by atoms with Crippen LogP contribution >= 0.6 is 0 Å². The smallest absolute Gasteiger partial charge is 0.274 e. The van der Waals surface area contributed by atoms with Crippen molar-refractivity contribution in [1.29, 1.82) is 0 Å². The van der Waals surface area contributed by atoms with Crippen LogP contribution in [-0.4, -0.2) is 48.6 Å². The Morgan fingerprint density at radius 2 is 1.72 bits per heavy atom. The molecule has 0 saturated carbocycles. The number of oxazole rings is 1. The van der Waals surface area contributed by atoms with Crippen molar-refractivity contribution < 1.29 is 13.9 Å². The number of morpholine rings is 1. The summed E-state index contributed by atoms with van der Waals surface area (Å²) >= 11 is 0. The van der Waals surface area contributed by atoms with Crippen LogP contribution in [0, 0.1) is 6.92 Å². The third-order valence-electron chi connectivity index (χ3n) is 5.08. The fraction of sp³-hybridized carbons (Fsp3) is 0.304. The van der Waals surface area contributed by atoms with Gasteiger partial charge in [-0.25, -0.2) is 4.98 Å². The number of nitrogens with one attached hydrogen (secondary N) is 1. The average molecular weight is 391 g/mol. The summed E-state index contributed by atoms with van der Waals surface area (Å²) in [5.74, 6) is 0.743. The first-order valence-electron chi connectivity index (χ1n) is 9.89. The summed E-state index contributed by atoms with van der Waals surface area (Å²) in [4.78, 5) is 19.8. The summed E-state index contributed by atoms with van der Waals surface area (Å²) in [6, 6.07) is 19.5. The Morgan fingerprint density at radius 1 is 1.07 bits per heavy atom. The molecule has 1 aliphatic heterocycles. The summed E-state index contributed by atoms with van der Waals surface area (Å²) in [6.07, 6.45) is 0. The molecule has 1 saturated heterocycles. The summed E-state index contributed by atoms with van der Waals surface area (Å²) in [5.41, 5.74) is 2.24. The normalized spacial score (nSPS) is 15.8. The third-order valence-corrected chi connectivity index (χ3v) is 5.08. The van der Waals surface area contributed by atoms with E-state index in [1.54, 1.807) is 6.92 Å². The minimum atomic E-state index is -0.226. The van der Waals surface area contributed by atoms with Gasteiger partial charge in [0.2, 0.25) is 5.89 Å². The molecule has 1 aromatic heterocycles. The maximum atomic E-state index is 13.1. The molecule has 1 amide bonds. The van der Waals surface area contributed by atoms with Crippen LogP contribution in [-0.2, 0) is 4.74 Å². The van der Waals surface area contributed by atoms with Crippen molar-refractivity contribution >= 4 is 5.91 Å². The van der Waals surface area contributed by atoms with Crippen molar-refractivity contribution in [1.82, 2.24) is 15.2 Å². The highest BCUT2D eigenvalue weighted by molar-refractivity contribution is 5.94. The number of nitrogens with zero attached hydrogens (tertiary/aromatic N) is 2. The van der Waals surface area contributed by atoms with Crippen LogP contribution in [0.5, 0.6) is 0 Å². The number of amides is 1. The zero-order valence-corrected chi connectivity index (χ0v) is 16.5. The Balaban J connectivity index is 1.54. The largest absolute Gasteiger partial charge is 0.441 e. The minimum absolute atomic E-state index is 0.141. The molecule has 3 aromatic rings. The van der Waals surface area contributed by atoms with E-state index in [2.05, 4.69) is 15.2 Å². The number of aryl methyl sites for hydroxylation is 1. The molecule has 6 heteroatoms. The second-order valence-electron chi connectivity index (χ2n) is 7.14. The molecule has 1 N–H and O–H groups in total. The first-order chi connectivity index (χ1) is 14.2. The SMILES string of the molecule is Cc1oc(-c2ccccc2)nc1C(=O)N[C@@H](CN1CCOCC1)c1ccccc1. The molecule has 2 aromatic carbocycles. The number of ether oxygens (including phenoxy) is 1. The lowest BCUT2D eigenvalue weighted by molar-refractivity contribution is 0.0332. The molecule has 2 heterocycles. The Hall–Kier alpha value is -2.96. The number of benzene rings is 2. The van der Waals surface area contributed by atoms with Gasteiger partial charge in [-0.15, -0.1) is 0 Å². The highest BCUT2D eigenvalue weighted by atomic mass is 16.5. The quantitative estimate of drug-likeness (QED) is 0.697. The molecule has 6 nitrogen and oxygen atoms in total. The predicted octanol–water partition coefficient (Wildman–Crippen LogP) is 3.45. The van der Waals surface area contributed by atoms with E-state index in [9.17, 15) is 4.79 Å². The van der Waals surface area contributed by atoms with Crippen LogP contribution in [0.3, 0.4) is 0 Å². The Kier molecular flexibility index (Phi) is 6.03. The van der Waals surface area contributed by atoms with Gasteiger partial charge < -0.3 is 14.5 Å². The van der Waals surface area contributed by atoms with Crippen molar-refractivity contribution in [3.8, 4) is 11.5 Å². The lowest BCUT2D eigenvalue weighted by atomic mass is 10.1. The predicted molar refractivity (Wildman–Crippen MR) is 111 cm³/mol. The lowest BCUT2D eigenvalue weighted by Gasteiger charge is -2.31. The van der Waals surface area contributed by atoms with Crippen LogP contribution in [0.25, 0.3) is 11.5 Å². The molecule has 4 rings (SSSR count). The fourth-order valence-corrected chi connectivity index (χ4v) is 3.50. The third kappa shape index (κ3) is 4.72. The second-order valence-corrected chi connectivity index (χ2v) is 7.14. The van der Waals surface area contributed by atoms with Gasteiger partial charge in [-0.2, -0.15) is 0 Å². The molecule has 0 spiro atoms. The fourth-order valence-electron chi connectivity index (χ4n) is 3.50. The maximum Gasteiger partial charge on any atom is 0.274 e. The van der Waals surface area contributed by atoms with Gasteiger partial charge >= 0.3 is 0 Å². The summed E-state index contributed by atoms with van der Waals surface area (Å²) < 4.78 is 11.2. The zero-order valence-electron chi connectivity index (χ0n) is 16.5. The van der Waals surface area contributed by atoms with Crippen LogP contribution in [0.4, 0.5) is 0 Å². The van der Waals surface area contributed by atoms with Crippen LogP contribution in [0.1, 0.15) is 27.9 Å². The summed E-state index contributed by atoms with van der Waals surface area (Å²) in [6.45, 7) is 5.66. The van der Waals surface area contributed by atoms with Crippen molar-refractivity contribution in [2.75, 3.05) is 32.8 Å². The number of carbonyl (C=O) groups excluding carboxylic acids is 1. The molecule has 1 aliphatic rings. The standard InChI is InChI=1S/C23H25N3O3/c1-17-21(25-23(29-17)19-10-6-3-7-11-19)22(27)24-20(18-8-4-2-5-9-18)16-26-12-14-28-15-13-26/h2-11,20H,12-16H2,1H3,(H,24,27)/t20-/m0/s1. The zero-order chi connectivity index (χ0) is 20.1. The van der Waals surface area contributed by atoms with E-state index in [1.807, 2.05) is 60.7 Å². The molecular formula is C23H25N3O3. The van der Waals surface area contributed by atoms with E-state index in [4.69, 9.17) is 9.15 Å². The minimum Gasteiger partial charge on any atom is -0.441 e. The number of rotatable bonds is 6.